The highest BCUT2D eigenvalue weighted by atomic mass is 16.5. The third-order valence-corrected chi connectivity index (χ3v) is 3.71. The molecule has 0 aliphatic heterocycles. The minimum atomic E-state index is -0.421. The van der Waals surface area contributed by atoms with Crippen LogP contribution in [0.1, 0.15) is 21.9 Å². The van der Waals surface area contributed by atoms with E-state index in [0.29, 0.717) is 18.0 Å². The van der Waals surface area contributed by atoms with Crippen molar-refractivity contribution < 1.29 is 13.9 Å². The first-order valence-electron chi connectivity index (χ1n) is 8.31. The van der Waals surface area contributed by atoms with Crippen molar-refractivity contribution in [3.05, 3.63) is 78.4 Å². The molecular formula is C20H18N4O3. The SMILES string of the molecule is C=CCc1ccccc1OCc1ccc(C(=O)Nc2ccn(CC#N)n2)o1. The second kappa shape index (κ2) is 8.54. The second-order valence-electron chi connectivity index (χ2n) is 5.67. The quantitative estimate of drug-likeness (QED) is 0.619. The Labute approximate surface area is 156 Å². The minimum absolute atomic E-state index is 0.117. The molecule has 1 aromatic carbocycles. The summed E-state index contributed by atoms with van der Waals surface area (Å²) in [4.78, 5) is 12.2. The van der Waals surface area contributed by atoms with Crippen LogP contribution < -0.4 is 10.1 Å². The van der Waals surface area contributed by atoms with E-state index in [1.165, 1.54) is 4.68 Å². The van der Waals surface area contributed by atoms with Crippen LogP contribution in [0.2, 0.25) is 0 Å². The fraction of sp³-hybridized carbons (Fsp3) is 0.150. The zero-order valence-corrected chi connectivity index (χ0v) is 14.6. The van der Waals surface area contributed by atoms with E-state index in [9.17, 15) is 4.79 Å². The van der Waals surface area contributed by atoms with Crippen molar-refractivity contribution in [2.75, 3.05) is 5.32 Å². The number of amides is 1. The lowest BCUT2D eigenvalue weighted by molar-refractivity contribution is 0.0992. The number of rotatable bonds is 8. The number of ether oxygens (including phenoxy) is 1. The third-order valence-electron chi connectivity index (χ3n) is 3.71. The molecular weight excluding hydrogens is 344 g/mol. The number of nitrogens with zero attached hydrogens (tertiary/aromatic N) is 3. The van der Waals surface area contributed by atoms with Gasteiger partial charge in [0, 0.05) is 12.3 Å². The van der Waals surface area contributed by atoms with E-state index in [1.807, 2.05) is 36.4 Å². The maximum atomic E-state index is 12.2. The number of anilines is 1. The number of allylic oxidation sites excluding steroid dienone is 1. The van der Waals surface area contributed by atoms with Crippen molar-refractivity contribution in [2.24, 2.45) is 0 Å². The molecule has 0 aliphatic carbocycles. The topological polar surface area (TPSA) is 93.1 Å². The summed E-state index contributed by atoms with van der Waals surface area (Å²) < 4.78 is 12.8. The van der Waals surface area contributed by atoms with Crippen molar-refractivity contribution in [1.29, 1.82) is 5.26 Å². The Hall–Kier alpha value is -3.79. The molecule has 0 aliphatic rings. The smallest absolute Gasteiger partial charge is 0.292 e. The van der Waals surface area contributed by atoms with Crippen molar-refractivity contribution in [1.82, 2.24) is 9.78 Å². The molecule has 0 spiro atoms. The molecule has 2 heterocycles. The highest BCUT2D eigenvalue weighted by molar-refractivity contribution is 6.01. The number of hydrogen-bond acceptors (Lipinski definition) is 5. The highest BCUT2D eigenvalue weighted by Crippen LogP contribution is 2.21. The molecule has 136 valence electrons. The Balaban J connectivity index is 1.60. The first-order chi connectivity index (χ1) is 13.2. The van der Waals surface area contributed by atoms with Crippen LogP contribution in [0.5, 0.6) is 5.75 Å². The summed E-state index contributed by atoms with van der Waals surface area (Å²) in [5.74, 6) is 1.37. The van der Waals surface area contributed by atoms with Gasteiger partial charge in [-0.25, -0.2) is 0 Å². The van der Waals surface area contributed by atoms with E-state index in [4.69, 9.17) is 14.4 Å². The van der Waals surface area contributed by atoms with Crippen molar-refractivity contribution in [3.8, 4) is 11.8 Å². The molecule has 7 nitrogen and oxygen atoms in total. The van der Waals surface area contributed by atoms with E-state index in [0.717, 1.165) is 11.3 Å². The lowest BCUT2D eigenvalue weighted by Crippen LogP contribution is -2.12. The Morgan fingerprint density at radius 1 is 1.33 bits per heavy atom. The van der Waals surface area contributed by atoms with Crippen molar-refractivity contribution >= 4 is 11.7 Å². The van der Waals surface area contributed by atoms with E-state index in [-0.39, 0.29) is 18.9 Å². The predicted molar refractivity (Wildman–Crippen MR) is 99.2 cm³/mol. The maximum absolute atomic E-state index is 12.2. The summed E-state index contributed by atoms with van der Waals surface area (Å²) in [5, 5.41) is 15.3. The first kappa shape index (κ1) is 18.0. The third kappa shape index (κ3) is 4.64. The zero-order chi connectivity index (χ0) is 19.1. The normalized spacial score (nSPS) is 10.2. The van der Waals surface area contributed by atoms with Gasteiger partial charge in [0.25, 0.3) is 5.91 Å². The van der Waals surface area contributed by atoms with Gasteiger partial charge in [0.05, 0.1) is 6.07 Å². The number of furan rings is 1. The van der Waals surface area contributed by atoms with Crippen LogP contribution in [-0.2, 0) is 19.6 Å². The zero-order valence-electron chi connectivity index (χ0n) is 14.6. The van der Waals surface area contributed by atoms with Crippen LogP contribution in [0.15, 0.2) is 65.7 Å². The summed E-state index contributed by atoms with van der Waals surface area (Å²) in [5.41, 5.74) is 1.03. The van der Waals surface area contributed by atoms with Gasteiger partial charge in [-0.15, -0.1) is 6.58 Å². The molecule has 0 fully saturated rings. The van der Waals surface area contributed by atoms with Crippen LogP contribution in [-0.4, -0.2) is 15.7 Å². The summed E-state index contributed by atoms with van der Waals surface area (Å²) in [6, 6.07) is 14.6. The maximum Gasteiger partial charge on any atom is 0.292 e. The van der Waals surface area contributed by atoms with Crippen molar-refractivity contribution in [2.45, 2.75) is 19.6 Å². The number of nitriles is 1. The van der Waals surface area contributed by atoms with E-state index in [1.54, 1.807) is 24.4 Å². The predicted octanol–water partition coefficient (Wildman–Crippen LogP) is 3.56. The summed E-state index contributed by atoms with van der Waals surface area (Å²) in [7, 11) is 0. The summed E-state index contributed by atoms with van der Waals surface area (Å²) >= 11 is 0. The first-order valence-corrected chi connectivity index (χ1v) is 8.31. The summed E-state index contributed by atoms with van der Waals surface area (Å²) in [6.07, 6.45) is 4.14. The molecule has 0 unspecified atom stereocenters. The second-order valence-corrected chi connectivity index (χ2v) is 5.67. The monoisotopic (exact) mass is 362 g/mol. The Bertz CT molecular complexity index is 981. The standard InChI is InChI=1S/C20H18N4O3/c1-2-5-15-6-3-4-7-17(15)26-14-16-8-9-18(27-16)20(25)22-19-10-12-24(23-19)13-11-21/h2-4,6-10,12H,1,5,13-14H2,(H,22,23,25). The largest absolute Gasteiger partial charge is 0.485 e. The van der Waals surface area contributed by atoms with E-state index >= 15 is 0 Å². The van der Waals surface area contributed by atoms with Gasteiger partial charge in [-0.05, 0) is 30.2 Å². The van der Waals surface area contributed by atoms with E-state index in [2.05, 4.69) is 17.0 Å². The van der Waals surface area contributed by atoms with Gasteiger partial charge in [0.2, 0.25) is 0 Å². The molecule has 0 atom stereocenters. The van der Waals surface area contributed by atoms with Gasteiger partial charge in [0.15, 0.2) is 11.6 Å². The average Bonchev–Trinajstić information content (AvgIpc) is 3.31. The number of carbonyl (C=O) groups excluding carboxylic acids is 1. The van der Waals surface area contributed by atoms with Crippen molar-refractivity contribution in [3.63, 3.8) is 0 Å². The van der Waals surface area contributed by atoms with Crippen LogP contribution in [0.4, 0.5) is 5.82 Å². The number of para-hydroxylation sites is 1. The highest BCUT2D eigenvalue weighted by Gasteiger charge is 2.13. The number of hydrogen-bond donors (Lipinski definition) is 1. The Morgan fingerprint density at radius 3 is 3.00 bits per heavy atom. The molecule has 7 heteroatoms. The molecule has 1 N–H and O–H groups in total. The molecule has 3 aromatic rings. The molecule has 27 heavy (non-hydrogen) atoms. The fourth-order valence-electron chi connectivity index (χ4n) is 2.46. The lowest BCUT2D eigenvalue weighted by atomic mass is 10.1. The molecule has 0 bridgehead atoms. The number of aromatic nitrogens is 2. The van der Waals surface area contributed by atoms with Crippen LogP contribution >= 0.6 is 0 Å². The van der Waals surface area contributed by atoms with Crippen LogP contribution in [0.25, 0.3) is 0 Å². The molecule has 0 radical (unpaired) electrons. The van der Waals surface area contributed by atoms with Gasteiger partial charge in [-0.2, -0.15) is 10.4 Å². The number of nitrogens with one attached hydrogen (secondary N) is 1. The number of carbonyl (C=O) groups is 1. The van der Waals surface area contributed by atoms with Gasteiger partial charge in [0.1, 0.15) is 24.7 Å². The van der Waals surface area contributed by atoms with Gasteiger partial charge >= 0.3 is 0 Å². The molecule has 1 amide bonds. The van der Waals surface area contributed by atoms with Gasteiger partial charge in [-0.3, -0.25) is 9.48 Å². The Morgan fingerprint density at radius 2 is 2.19 bits per heavy atom. The van der Waals surface area contributed by atoms with Gasteiger partial charge in [-0.1, -0.05) is 24.3 Å². The van der Waals surface area contributed by atoms with Gasteiger partial charge < -0.3 is 14.5 Å². The molecule has 3 rings (SSSR count). The molecule has 0 saturated heterocycles. The average molecular weight is 362 g/mol. The van der Waals surface area contributed by atoms with Crippen LogP contribution in [0, 0.1) is 11.3 Å². The summed E-state index contributed by atoms with van der Waals surface area (Å²) in [6.45, 7) is 4.07. The Kier molecular flexibility index (Phi) is 5.70. The van der Waals surface area contributed by atoms with E-state index < -0.39 is 5.91 Å². The van der Waals surface area contributed by atoms with Crippen LogP contribution in [0.3, 0.4) is 0 Å². The molecule has 0 saturated carbocycles. The molecule has 2 aromatic heterocycles. The number of benzene rings is 1. The minimum Gasteiger partial charge on any atom is -0.485 e. The lowest BCUT2D eigenvalue weighted by Gasteiger charge is -2.08. The fourth-order valence-corrected chi connectivity index (χ4v) is 2.46.